The van der Waals surface area contributed by atoms with E-state index in [4.69, 9.17) is 9.84 Å². The quantitative estimate of drug-likeness (QED) is 0.900. The minimum absolute atomic E-state index is 0.217. The maximum Gasteiger partial charge on any atom is 0.125 e. The number of aliphatic hydroxyl groups excluding tert-OH is 1. The molecule has 0 aliphatic heterocycles. The number of hydrogen-bond donors (Lipinski definition) is 1. The fourth-order valence-corrected chi connectivity index (χ4v) is 2.17. The topological polar surface area (TPSA) is 29.5 Å². The van der Waals surface area contributed by atoms with Crippen LogP contribution in [0.4, 0.5) is 0 Å². The smallest absolute Gasteiger partial charge is 0.125 e. The first-order chi connectivity index (χ1) is 6.69. The van der Waals surface area contributed by atoms with Gasteiger partial charge in [0.25, 0.3) is 0 Å². The summed E-state index contributed by atoms with van der Waals surface area (Å²) in [6.45, 7) is 2.24. The van der Waals surface area contributed by atoms with Crippen LogP contribution in [-0.2, 0) is 6.42 Å². The highest BCUT2D eigenvalue weighted by atomic mass is 79.9. The Labute approximate surface area is 93.0 Å². The Bertz CT molecular complexity index is 310. The van der Waals surface area contributed by atoms with Crippen molar-refractivity contribution in [1.82, 2.24) is 0 Å². The molecule has 78 valence electrons. The number of methoxy groups -OCH3 is 1. The molecular weight excluding hydrogens is 244 g/mol. The van der Waals surface area contributed by atoms with E-state index in [2.05, 4.69) is 15.9 Å². The Morgan fingerprint density at radius 1 is 1.43 bits per heavy atom. The molecule has 2 nitrogen and oxygen atoms in total. The molecule has 1 N–H and O–H groups in total. The Hall–Kier alpha value is -0.540. The average Bonchev–Trinajstić information content (AvgIpc) is 2.14. The van der Waals surface area contributed by atoms with Crippen molar-refractivity contribution in [3.05, 3.63) is 27.7 Å². The van der Waals surface area contributed by atoms with E-state index in [-0.39, 0.29) is 6.61 Å². The predicted octanol–water partition coefficient (Wildman–Crippen LogP) is 2.69. The van der Waals surface area contributed by atoms with Gasteiger partial charge in [-0.1, -0.05) is 15.9 Å². The fourth-order valence-electron chi connectivity index (χ4n) is 1.55. The molecule has 14 heavy (non-hydrogen) atoms. The largest absolute Gasteiger partial charge is 0.496 e. The molecule has 0 fully saturated rings. The number of benzene rings is 1. The Morgan fingerprint density at radius 2 is 2.14 bits per heavy atom. The molecule has 0 atom stereocenters. The number of hydrogen-bond acceptors (Lipinski definition) is 2. The van der Waals surface area contributed by atoms with E-state index in [1.165, 1.54) is 0 Å². The number of halogens is 1. The third-order valence-electron chi connectivity index (χ3n) is 2.12. The molecule has 0 saturated carbocycles. The Morgan fingerprint density at radius 3 is 2.71 bits per heavy atom. The van der Waals surface area contributed by atoms with E-state index < -0.39 is 0 Å². The van der Waals surface area contributed by atoms with Crippen LogP contribution in [0, 0.1) is 6.92 Å². The lowest BCUT2D eigenvalue weighted by atomic mass is 10.1. The molecule has 0 aliphatic rings. The molecule has 0 saturated heterocycles. The van der Waals surface area contributed by atoms with Crippen molar-refractivity contribution >= 4 is 15.9 Å². The molecule has 3 heteroatoms. The minimum Gasteiger partial charge on any atom is -0.496 e. The summed E-state index contributed by atoms with van der Waals surface area (Å²) < 4.78 is 6.38. The SMILES string of the molecule is COc1c(C)cc(Br)cc1CCCO. The molecule has 0 heterocycles. The van der Waals surface area contributed by atoms with E-state index in [9.17, 15) is 0 Å². The maximum absolute atomic E-state index is 8.78. The lowest BCUT2D eigenvalue weighted by molar-refractivity contribution is 0.287. The van der Waals surface area contributed by atoms with Crippen molar-refractivity contribution in [2.24, 2.45) is 0 Å². The summed E-state index contributed by atoms with van der Waals surface area (Å²) in [5.74, 6) is 0.932. The highest BCUT2D eigenvalue weighted by Crippen LogP contribution is 2.28. The third kappa shape index (κ3) is 2.72. The number of aryl methyl sites for hydroxylation is 2. The summed E-state index contributed by atoms with van der Waals surface area (Å²) in [7, 11) is 1.68. The molecule has 0 aromatic heterocycles. The molecule has 0 bridgehead atoms. The molecule has 1 aromatic carbocycles. The van der Waals surface area contributed by atoms with Crippen molar-refractivity contribution in [2.45, 2.75) is 19.8 Å². The van der Waals surface area contributed by atoms with E-state index >= 15 is 0 Å². The summed E-state index contributed by atoms with van der Waals surface area (Å²) in [6.07, 6.45) is 1.62. The first-order valence-corrected chi connectivity index (χ1v) is 5.42. The van der Waals surface area contributed by atoms with Crippen molar-refractivity contribution in [3.8, 4) is 5.75 Å². The fraction of sp³-hybridized carbons (Fsp3) is 0.455. The van der Waals surface area contributed by atoms with E-state index in [0.717, 1.165) is 34.2 Å². The third-order valence-corrected chi connectivity index (χ3v) is 2.58. The highest BCUT2D eigenvalue weighted by Gasteiger charge is 2.07. The summed E-state index contributed by atoms with van der Waals surface area (Å²) >= 11 is 3.45. The van der Waals surface area contributed by atoms with Gasteiger partial charge in [-0.25, -0.2) is 0 Å². The van der Waals surface area contributed by atoms with Gasteiger partial charge in [0.2, 0.25) is 0 Å². The van der Waals surface area contributed by atoms with Gasteiger partial charge in [0, 0.05) is 11.1 Å². The number of aliphatic hydroxyl groups is 1. The van der Waals surface area contributed by atoms with Crippen LogP contribution >= 0.6 is 15.9 Å². The second-order valence-corrected chi connectivity index (χ2v) is 4.16. The van der Waals surface area contributed by atoms with Crippen LogP contribution in [0.5, 0.6) is 5.75 Å². The van der Waals surface area contributed by atoms with Gasteiger partial charge in [-0.15, -0.1) is 0 Å². The van der Waals surface area contributed by atoms with Crippen LogP contribution in [0.2, 0.25) is 0 Å². The van der Waals surface area contributed by atoms with Gasteiger partial charge in [0.05, 0.1) is 7.11 Å². The zero-order valence-corrected chi connectivity index (χ0v) is 10.1. The predicted molar refractivity (Wildman–Crippen MR) is 60.8 cm³/mol. The molecule has 1 aromatic rings. The van der Waals surface area contributed by atoms with Crippen LogP contribution in [0.3, 0.4) is 0 Å². The molecule has 0 radical (unpaired) electrons. The number of rotatable bonds is 4. The molecule has 0 amide bonds. The van der Waals surface area contributed by atoms with E-state index in [1.807, 2.05) is 19.1 Å². The zero-order valence-electron chi connectivity index (χ0n) is 8.51. The van der Waals surface area contributed by atoms with Gasteiger partial charge in [-0.3, -0.25) is 0 Å². The molecule has 0 aliphatic carbocycles. The van der Waals surface area contributed by atoms with Crippen molar-refractivity contribution in [2.75, 3.05) is 13.7 Å². The van der Waals surface area contributed by atoms with Crippen molar-refractivity contribution in [1.29, 1.82) is 0 Å². The highest BCUT2D eigenvalue weighted by molar-refractivity contribution is 9.10. The van der Waals surface area contributed by atoms with Gasteiger partial charge in [-0.05, 0) is 43.0 Å². The Kier molecular flexibility index (Phi) is 4.42. The second-order valence-electron chi connectivity index (χ2n) is 3.24. The monoisotopic (exact) mass is 258 g/mol. The first kappa shape index (κ1) is 11.5. The molecule has 0 unspecified atom stereocenters. The van der Waals surface area contributed by atoms with Gasteiger partial charge < -0.3 is 9.84 Å². The van der Waals surface area contributed by atoms with E-state index in [1.54, 1.807) is 7.11 Å². The normalized spacial score (nSPS) is 10.3. The van der Waals surface area contributed by atoms with Gasteiger partial charge in [0.15, 0.2) is 0 Å². The van der Waals surface area contributed by atoms with Crippen LogP contribution in [0.1, 0.15) is 17.5 Å². The van der Waals surface area contributed by atoms with Crippen LogP contribution in [-0.4, -0.2) is 18.8 Å². The summed E-state index contributed by atoms with van der Waals surface area (Å²) in [5.41, 5.74) is 2.27. The van der Waals surface area contributed by atoms with Crippen LogP contribution in [0.15, 0.2) is 16.6 Å². The second kappa shape index (κ2) is 5.37. The lowest BCUT2D eigenvalue weighted by Gasteiger charge is -2.11. The standard InChI is InChI=1S/C11H15BrO2/c1-8-6-10(12)7-9(4-3-5-13)11(8)14-2/h6-7,13H,3-5H2,1-2H3. The molecule has 0 spiro atoms. The van der Waals surface area contributed by atoms with Gasteiger partial charge in [-0.2, -0.15) is 0 Å². The van der Waals surface area contributed by atoms with Crippen molar-refractivity contribution in [3.63, 3.8) is 0 Å². The molecular formula is C11H15BrO2. The first-order valence-electron chi connectivity index (χ1n) is 4.63. The van der Waals surface area contributed by atoms with Crippen LogP contribution < -0.4 is 4.74 Å². The van der Waals surface area contributed by atoms with Gasteiger partial charge in [0.1, 0.15) is 5.75 Å². The Balaban J connectivity index is 2.99. The molecule has 1 rings (SSSR count). The van der Waals surface area contributed by atoms with Gasteiger partial charge >= 0.3 is 0 Å². The summed E-state index contributed by atoms with van der Waals surface area (Å²) in [6, 6.07) is 4.07. The zero-order chi connectivity index (χ0) is 10.6. The van der Waals surface area contributed by atoms with Crippen molar-refractivity contribution < 1.29 is 9.84 Å². The minimum atomic E-state index is 0.217. The maximum atomic E-state index is 8.78. The van der Waals surface area contributed by atoms with E-state index in [0.29, 0.717) is 0 Å². The lowest BCUT2D eigenvalue weighted by Crippen LogP contribution is -1.97. The summed E-state index contributed by atoms with van der Waals surface area (Å²) in [4.78, 5) is 0. The average molecular weight is 259 g/mol. The number of ether oxygens (including phenoxy) is 1. The summed E-state index contributed by atoms with van der Waals surface area (Å²) in [5, 5.41) is 8.78. The van der Waals surface area contributed by atoms with Crippen LogP contribution in [0.25, 0.3) is 0 Å².